The lowest BCUT2D eigenvalue weighted by Crippen LogP contribution is -2.48. The molecule has 2 heterocycles. The van der Waals surface area contributed by atoms with E-state index in [1.165, 1.54) is 12.3 Å². The summed E-state index contributed by atoms with van der Waals surface area (Å²) in [6, 6.07) is 18.5. The van der Waals surface area contributed by atoms with Gasteiger partial charge in [0.25, 0.3) is 11.8 Å². The lowest BCUT2D eigenvalue weighted by molar-refractivity contribution is -0.133. The van der Waals surface area contributed by atoms with E-state index in [2.05, 4.69) is 10.3 Å². The third-order valence-electron chi connectivity index (χ3n) is 5.40. The summed E-state index contributed by atoms with van der Waals surface area (Å²) >= 11 is 0. The summed E-state index contributed by atoms with van der Waals surface area (Å²) in [5, 5.41) is 12.9. The molecule has 8 heteroatoms. The van der Waals surface area contributed by atoms with Gasteiger partial charge in [0.2, 0.25) is 5.91 Å². The molecule has 4 rings (SSSR count). The third-order valence-corrected chi connectivity index (χ3v) is 5.40. The van der Waals surface area contributed by atoms with Gasteiger partial charge in [0.15, 0.2) is 5.54 Å². The molecular formula is C23H18F2N4O2. The van der Waals surface area contributed by atoms with E-state index in [-0.39, 0.29) is 0 Å². The summed E-state index contributed by atoms with van der Waals surface area (Å²) in [6.45, 7) is -1.40. The average molecular weight is 420 g/mol. The number of amides is 2. The van der Waals surface area contributed by atoms with Crippen molar-refractivity contribution in [3.05, 3.63) is 78.0 Å². The Morgan fingerprint density at radius 3 is 2.55 bits per heavy atom. The maximum Gasteiger partial charge on any atom is 0.269 e. The number of benzene rings is 2. The molecule has 0 aliphatic carbocycles. The second-order valence-corrected chi connectivity index (χ2v) is 7.41. The zero-order chi connectivity index (χ0) is 22.1. The smallest absolute Gasteiger partial charge is 0.269 e. The molecule has 1 aromatic heterocycles. The number of nitriles is 1. The number of hydrogen-bond acceptors (Lipinski definition) is 4. The lowest BCUT2D eigenvalue weighted by Gasteiger charge is -2.32. The largest absolute Gasteiger partial charge is 0.343 e. The minimum Gasteiger partial charge on any atom is -0.343 e. The summed E-state index contributed by atoms with van der Waals surface area (Å²) < 4.78 is 28.6. The second kappa shape index (κ2) is 7.76. The Morgan fingerprint density at radius 2 is 1.81 bits per heavy atom. The Balaban J connectivity index is 1.57. The molecule has 156 valence electrons. The molecule has 3 aromatic rings. The average Bonchev–Trinajstić information content (AvgIpc) is 3.09. The second-order valence-electron chi connectivity index (χ2n) is 7.41. The number of hydrogen-bond donors (Lipinski definition) is 1. The van der Waals surface area contributed by atoms with Gasteiger partial charge >= 0.3 is 0 Å². The van der Waals surface area contributed by atoms with Gasteiger partial charge in [-0.3, -0.25) is 14.6 Å². The van der Waals surface area contributed by atoms with Crippen molar-refractivity contribution < 1.29 is 18.4 Å². The predicted molar refractivity (Wildman–Crippen MR) is 109 cm³/mol. The van der Waals surface area contributed by atoms with Crippen molar-refractivity contribution >= 4 is 22.7 Å². The van der Waals surface area contributed by atoms with Crippen LogP contribution < -0.4 is 5.32 Å². The van der Waals surface area contributed by atoms with Crippen molar-refractivity contribution in [2.75, 3.05) is 13.1 Å². The highest BCUT2D eigenvalue weighted by Gasteiger charge is 2.58. The standard InChI is InChI=1S/C23H18F2N4O2/c24-23(25)13-22(14-26,16-6-2-1-3-7-16)29(15-23)20(30)12-28-21(31)18-10-11-27-19-9-5-4-8-17(18)19/h1-11H,12-13,15H2,(H,28,31). The van der Waals surface area contributed by atoms with E-state index in [1.807, 2.05) is 6.07 Å². The number of nitrogens with one attached hydrogen (secondary N) is 1. The van der Waals surface area contributed by atoms with Gasteiger partial charge < -0.3 is 10.2 Å². The van der Waals surface area contributed by atoms with Crippen LogP contribution in [0.1, 0.15) is 22.3 Å². The van der Waals surface area contributed by atoms with Crippen molar-refractivity contribution in [3.63, 3.8) is 0 Å². The zero-order valence-corrected chi connectivity index (χ0v) is 16.4. The topological polar surface area (TPSA) is 86.1 Å². The maximum atomic E-state index is 14.3. The van der Waals surface area contributed by atoms with Crippen LogP contribution in [0.4, 0.5) is 8.78 Å². The van der Waals surface area contributed by atoms with E-state index in [0.717, 1.165) is 4.90 Å². The van der Waals surface area contributed by atoms with Gasteiger partial charge in [-0.25, -0.2) is 8.78 Å². The fourth-order valence-corrected chi connectivity index (χ4v) is 3.97. The van der Waals surface area contributed by atoms with Crippen LogP contribution in [0.15, 0.2) is 66.9 Å². The minimum absolute atomic E-state index is 0.314. The number of carbonyl (C=O) groups is 2. The number of fused-ring (bicyclic) bond motifs is 1. The number of pyridine rings is 1. The van der Waals surface area contributed by atoms with Gasteiger partial charge in [-0.1, -0.05) is 48.5 Å². The number of para-hydroxylation sites is 1. The lowest BCUT2D eigenvalue weighted by atomic mass is 9.88. The van der Waals surface area contributed by atoms with E-state index in [0.29, 0.717) is 22.0 Å². The quantitative estimate of drug-likeness (QED) is 0.702. The highest BCUT2D eigenvalue weighted by atomic mass is 19.3. The highest BCUT2D eigenvalue weighted by molar-refractivity contribution is 6.06. The third kappa shape index (κ3) is 3.70. The Hall–Kier alpha value is -3.86. The minimum atomic E-state index is -3.22. The highest BCUT2D eigenvalue weighted by Crippen LogP contribution is 2.45. The van der Waals surface area contributed by atoms with Crippen molar-refractivity contribution in [2.24, 2.45) is 0 Å². The molecule has 1 atom stereocenters. The van der Waals surface area contributed by atoms with Crippen LogP contribution in [0, 0.1) is 11.3 Å². The van der Waals surface area contributed by atoms with Gasteiger partial charge in [0, 0.05) is 11.6 Å². The number of carbonyl (C=O) groups excluding carboxylic acids is 2. The summed E-state index contributed by atoms with van der Waals surface area (Å²) in [5.41, 5.74) is -0.543. The van der Waals surface area contributed by atoms with Crippen molar-refractivity contribution in [3.8, 4) is 6.07 Å². The molecular weight excluding hydrogens is 402 g/mol. The van der Waals surface area contributed by atoms with Crippen LogP contribution in [-0.4, -0.2) is 40.7 Å². The number of halogens is 2. The number of nitrogens with zero attached hydrogens (tertiary/aromatic N) is 3. The van der Waals surface area contributed by atoms with Crippen LogP contribution in [0.5, 0.6) is 0 Å². The number of rotatable bonds is 4. The molecule has 0 saturated carbocycles. The first-order valence-electron chi connectivity index (χ1n) is 9.63. The summed E-state index contributed by atoms with van der Waals surface area (Å²) in [6.07, 6.45) is 0.686. The van der Waals surface area contributed by atoms with Crippen LogP contribution in [0.25, 0.3) is 10.9 Å². The Labute approximate surface area is 177 Å². The van der Waals surface area contributed by atoms with E-state index >= 15 is 0 Å². The summed E-state index contributed by atoms with van der Waals surface area (Å²) in [7, 11) is 0. The van der Waals surface area contributed by atoms with Gasteiger partial charge in [-0.2, -0.15) is 5.26 Å². The summed E-state index contributed by atoms with van der Waals surface area (Å²) in [4.78, 5) is 30.6. The molecule has 0 bridgehead atoms. The fourth-order valence-electron chi connectivity index (χ4n) is 3.97. The van der Waals surface area contributed by atoms with Gasteiger partial charge in [0.1, 0.15) is 0 Å². The Kier molecular flexibility index (Phi) is 5.11. The first-order valence-corrected chi connectivity index (χ1v) is 9.63. The fraction of sp³-hybridized carbons (Fsp3) is 0.217. The monoisotopic (exact) mass is 420 g/mol. The van der Waals surface area contributed by atoms with Crippen LogP contribution in [0.2, 0.25) is 0 Å². The van der Waals surface area contributed by atoms with Gasteiger partial charge in [-0.15, -0.1) is 0 Å². The van der Waals surface area contributed by atoms with Gasteiger partial charge in [0.05, 0.1) is 36.7 Å². The van der Waals surface area contributed by atoms with E-state index in [9.17, 15) is 23.6 Å². The molecule has 1 fully saturated rings. The van der Waals surface area contributed by atoms with E-state index < -0.39 is 42.8 Å². The number of alkyl halides is 2. The van der Waals surface area contributed by atoms with Gasteiger partial charge in [-0.05, 0) is 17.7 Å². The van der Waals surface area contributed by atoms with E-state index in [1.54, 1.807) is 54.6 Å². The maximum absolute atomic E-state index is 14.3. The Bertz CT molecular complexity index is 1190. The molecule has 2 aromatic carbocycles. The molecule has 1 aliphatic heterocycles. The molecule has 1 saturated heterocycles. The molecule has 0 spiro atoms. The molecule has 0 radical (unpaired) electrons. The SMILES string of the molecule is N#CC1(c2ccccc2)CC(F)(F)CN1C(=O)CNC(=O)c1ccnc2ccccc12. The first kappa shape index (κ1) is 20.4. The molecule has 1 N–H and O–H groups in total. The van der Waals surface area contributed by atoms with Crippen molar-refractivity contribution in [2.45, 2.75) is 17.9 Å². The predicted octanol–water partition coefficient (Wildman–Crippen LogP) is 3.25. The summed E-state index contributed by atoms with van der Waals surface area (Å²) in [5.74, 6) is -4.50. The van der Waals surface area contributed by atoms with E-state index in [4.69, 9.17) is 0 Å². The molecule has 1 unspecified atom stereocenters. The van der Waals surface area contributed by atoms with Crippen LogP contribution >= 0.6 is 0 Å². The molecule has 6 nitrogen and oxygen atoms in total. The molecule has 1 aliphatic rings. The number of likely N-dealkylation sites (tertiary alicyclic amines) is 1. The molecule has 2 amide bonds. The first-order chi connectivity index (χ1) is 14.9. The van der Waals surface area contributed by atoms with Crippen LogP contribution in [0.3, 0.4) is 0 Å². The van der Waals surface area contributed by atoms with Crippen molar-refractivity contribution in [1.29, 1.82) is 5.26 Å². The van der Waals surface area contributed by atoms with Crippen LogP contribution in [-0.2, 0) is 10.3 Å². The normalized spacial score (nSPS) is 19.7. The number of aromatic nitrogens is 1. The zero-order valence-electron chi connectivity index (χ0n) is 16.4. The Morgan fingerprint density at radius 1 is 1.10 bits per heavy atom. The van der Waals surface area contributed by atoms with Crippen molar-refractivity contribution in [1.82, 2.24) is 15.2 Å². The molecule has 31 heavy (non-hydrogen) atoms.